The van der Waals surface area contributed by atoms with Crippen LogP contribution in [-0.2, 0) is 4.79 Å². The molecule has 0 heterocycles. The second kappa shape index (κ2) is 5.87. The molecule has 0 atom stereocenters. The fourth-order valence-corrected chi connectivity index (χ4v) is 2.98. The molecule has 94 valence electrons. The highest BCUT2D eigenvalue weighted by atomic mass is 35.5. The third-order valence-electron chi connectivity index (χ3n) is 4.12. The van der Waals surface area contributed by atoms with E-state index in [2.05, 4.69) is 5.32 Å². The molecule has 3 nitrogen and oxygen atoms in total. The Morgan fingerprint density at radius 1 is 1.19 bits per heavy atom. The van der Waals surface area contributed by atoms with Crippen molar-refractivity contribution in [2.45, 2.75) is 57.4 Å². The minimum atomic E-state index is -0.220. The maximum absolute atomic E-state index is 12.2. The summed E-state index contributed by atoms with van der Waals surface area (Å²) >= 11 is 0. The number of carbonyl (C=O) groups excluding carboxylic acids is 1. The van der Waals surface area contributed by atoms with Crippen LogP contribution in [0.4, 0.5) is 0 Å². The van der Waals surface area contributed by atoms with Crippen molar-refractivity contribution in [2.75, 3.05) is 6.54 Å². The fourth-order valence-electron chi connectivity index (χ4n) is 2.98. The number of hydrogen-bond donors (Lipinski definition) is 2. The standard InChI is InChI=1S/C12H22N2O.ClH/c13-9-12(7-3-4-8-12)11(15)14-10-5-1-2-6-10;/h10H,1-9,13H2,(H,14,15);1H. The van der Waals surface area contributed by atoms with E-state index in [1.807, 2.05) is 0 Å². The zero-order valence-corrected chi connectivity index (χ0v) is 10.7. The molecule has 0 aliphatic heterocycles. The predicted molar refractivity (Wildman–Crippen MR) is 67.6 cm³/mol. The Labute approximate surface area is 104 Å². The van der Waals surface area contributed by atoms with Gasteiger partial charge in [-0.2, -0.15) is 0 Å². The van der Waals surface area contributed by atoms with Crippen molar-refractivity contribution in [1.29, 1.82) is 0 Å². The molecule has 2 aliphatic carbocycles. The average Bonchev–Trinajstić information content (AvgIpc) is 2.87. The van der Waals surface area contributed by atoms with Crippen molar-refractivity contribution in [2.24, 2.45) is 11.1 Å². The molecule has 16 heavy (non-hydrogen) atoms. The van der Waals surface area contributed by atoms with Crippen LogP contribution in [-0.4, -0.2) is 18.5 Å². The quantitative estimate of drug-likeness (QED) is 0.800. The lowest BCUT2D eigenvalue weighted by atomic mass is 9.85. The summed E-state index contributed by atoms with van der Waals surface area (Å²) in [7, 11) is 0. The first-order valence-electron chi connectivity index (χ1n) is 6.28. The molecule has 0 bridgehead atoms. The smallest absolute Gasteiger partial charge is 0.227 e. The summed E-state index contributed by atoms with van der Waals surface area (Å²) in [5.41, 5.74) is 5.56. The highest BCUT2D eigenvalue weighted by molar-refractivity contribution is 5.85. The number of rotatable bonds is 3. The van der Waals surface area contributed by atoms with Gasteiger partial charge in [0.05, 0.1) is 5.41 Å². The minimum absolute atomic E-state index is 0. The van der Waals surface area contributed by atoms with Gasteiger partial charge in [0, 0.05) is 12.6 Å². The van der Waals surface area contributed by atoms with Crippen molar-refractivity contribution in [3.05, 3.63) is 0 Å². The number of hydrogen-bond acceptors (Lipinski definition) is 2. The first kappa shape index (κ1) is 13.8. The molecular weight excluding hydrogens is 224 g/mol. The zero-order valence-electron chi connectivity index (χ0n) is 9.84. The Bertz CT molecular complexity index is 233. The molecule has 2 aliphatic rings. The van der Waals surface area contributed by atoms with E-state index in [1.165, 1.54) is 12.8 Å². The Balaban J connectivity index is 0.00000128. The van der Waals surface area contributed by atoms with Crippen LogP contribution >= 0.6 is 12.4 Å². The van der Waals surface area contributed by atoms with Crippen molar-refractivity contribution in [3.63, 3.8) is 0 Å². The van der Waals surface area contributed by atoms with Gasteiger partial charge >= 0.3 is 0 Å². The number of carbonyl (C=O) groups is 1. The second-order valence-electron chi connectivity index (χ2n) is 5.15. The van der Waals surface area contributed by atoms with E-state index in [9.17, 15) is 4.79 Å². The van der Waals surface area contributed by atoms with Gasteiger partial charge in [0.1, 0.15) is 0 Å². The molecule has 1 amide bonds. The lowest BCUT2D eigenvalue weighted by molar-refractivity contribution is -0.131. The van der Waals surface area contributed by atoms with Gasteiger partial charge in [-0.25, -0.2) is 0 Å². The van der Waals surface area contributed by atoms with Crippen LogP contribution < -0.4 is 11.1 Å². The summed E-state index contributed by atoms with van der Waals surface area (Å²) in [6.07, 6.45) is 9.15. The number of amides is 1. The maximum atomic E-state index is 12.2. The normalized spacial score (nSPS) is 24.1. The van der Waals surface area contributed by atoms with E-state index in [1.54, 1.807) is 0 Å². The van der Waals surface area contributed by atoms with E-state index in [-0.39, 0.29) is 23.7 Å². The third-order valence-corrected chi connectivity index (χ3v) is 4.12. The van der Waals surface area contributed by atoms with E-state index in [4.69, 9.17) is 5.73 Å². The van der Waals surface area contributed by atoms with Gasteiger partial charge in [0.15, 0.2) is 0 Å². The van der Waals surface area contributed by atoms with Gasteiger partial charge in [-0.1, -0.05) is 25.7 Å². The summed E-state index contributed by atoms with van der Waals surface area (Å²) < 4.78 is 0. The Morgan fingerprint density at radius 3 is 2.25 bits per heavy atom. The van der Waals surface area contributed by atoms with Gasteiger partial charge in [-0.3, -0.25) is 4.79 Å². The zero-order chi connectivity index (χ0) is 10.7. The average molecular weight is 247 g/mol. The second-order valence-corrected chi connectivity index (χ2v) is 5.15. The van der Waals surface area contributed by atoms with E-state index >= 15 is 0 Å². The maximum Gasteiger partial charge on any atom is 0.227 e. The predicted octanol–water partition coefficient (Wildman–Crippen LogP) is 1.99. The first-order chi connectivity index (χ1) is 7.27. The van der Waals surface area contributed by atoms with Crippen molar-refractivity contribution >= 4 is 18.3 Å². The Kier molecular flexibility index (Phi) is 5.06. The van der Waals surface area contributed by atoms with Gasteiger partial charge in [0.2, 0.25) is 5.91 Å². The Morgan fingerprint density at radius 2 is 1.75 bits per heavy atom. The van der Waals surface area contributed by atoms with E-state index in [0.29, 0.717) is 12.6 Å². The Hall–Kier alpha value is -0.280. The van der Waals surface area contributed by atoms with Crippen LogP contribution in [0.5, 0.6) is 0 Å². The number of nitrogens with two attached hydrogens (primary N) is 1. The largest absolute Gasteiger partial charge is 0.353 e. The van der Waals surface area contributed by atoms with Crippen molar-refractivity contribution < 1.29 is 4.79 Å². The molecule has 2 rings (SSSR count). The molecule has 3 N–H and O–H groups in total. The summed E-state index contributed by atoms with van der Waals surface area (Å²) in [4.78, 5) is 12.2. The molecule has 0 saturated heterocycles. The molecule has 0 aromatic rings. The van der Waals surface area contributed by atoms with Crippen LogP contribution in [0.1, 0.15) is 51.4 Å². The molecule has 0 aromatic carbocycles. The van der Waals surface area contributed by atoms with Crippen molar-refractivity contribution in [3.8, 4) is 0 Å². The minimum Gasteiger partial charge on any atom is -0.353 e. The van der Waals surface area contributed by atoms with Crippen LogP contribution in [0.2, 0.25) is 0 Å². The summed E-state index contributed by atoms with van der Waals surface area (Å²) in [5, 5.41) is 3.19. The summed E-state index contributed by atoms with van der Waals surface area (Å²) in [5.74, 6) is 0.231. The van der Waals surface area contributed by atoms with Crippen LogP contribution in [0.3, 0.4) is 0 Å². The lowest BCUT2D eigenvalue weighted by Gasteiger charge is -2.27. The van der Waals surface area contributed by atoms with Crippen LogP contribution in [0.25, 0.3) is 0 Å². The van der Waals surface area contributed by atoms with E-state index in [0.717, 1.165) is 38.5 Å². The first-order valence-corrected chi connectivity index (χ1v) is 6.28. The van der Waals surface area contributed by atoms with Gasteiger partial charge in [0.25, 0.3) is 0 Å². The molecule has 2 fully saturated rings. The van der Waals surface area contributed by atoms with Crippen LogP contribution in [0.15, 0.2) is 0 Å². The van der Waals surface area contributed by atoms with Gasteiger partial charge < -0.3 is 11.1 Å². The molecule has 4 heteroatoms. The molecule has 0 aromatic heterocycles. The number of nitrogens with one attached hydrogen (secondary N) is 1. The molecule has 0 radical (unpaired) electrons. The van der Waals surface area contributed by atoms with Gasteiger partial charge in [-0.15, -0.1) is 12.4 Å². The van der Waals surface area contributed by atoms with Gasteiger partial charge in [-0.05, 0) is 25.7 Å². The summed E-state index contributed by atoms with van der Waals surface area (Å²) in [6, 6.07) is 0.432. The molecule has 2 saturated carbocycles. The monoisotopic (exact) mass is 246 g/mol. The molecular formula is C12H23ClN2O. The molecule has 0 spiro atoms. The summed E-state index contributed by atoms with van der Waals surface area (Å²) in [6.45, 7) is 0.519. The topological polar surface area (TPSA) is 55.1 Å². The molecule has 0 unspecified atom stereocenters. The third kappa shape index (κ3) is 2.69. The fraction of sp³-hybridized carbons (Fsp3) is 0.917. The van der Waals surface area contributed by atoms with Crippen molar-refractivity contribution in [1.82, 2.24) is 5.32 Å². The van der Waals surface area contributed by atoms with E-state index < -0.39 is 0 Å². The number of halogens is 1. The van der Waals surface area contributed by atoms with Crippen LogP contribution in [0, 0.1) is 5.41 Å². The SMILES string of the molecule is Cl.NCC1(C(=O)NC2CCCC2)CCCC1. The highest BCUT2D eigenvalue weighted by Gasteiger charge is 2.40. The lowest BCUT2D eigenvalue weighted by Crippen LogP contribution is -2.47. The highest BCUT2D eigenvalue weighted by Crippen LogP contribution is 2.37.